The predicted molar refractivity (Wildman–Crippen MR) is 137 cm³/mol. The van der Waals surface area contributed by atoms with Crippen LogP contribution in [0.15, 0.2) is 36.8 Å². The van der Waals surface area contributed by atoms with Gasteiger partial charge >= 0.3 is 0 Å². The molecular weight excluding hydrogens is 440 g/mol. The summed E-state index contributed by atoms with van der Waals surface area (Å²) in [7, 11) is 2.17. The molecular formula is C26H30N8O. The molecule has 0 amide bonds. The first kappa shape index (κ1) is 21.8. The molecule has 2 aliphatic heterocycles. The number of ether oxygens (including phenoxy) is 1. The van der Waals surface area contributed by atoms with Crippen LogP contribution < -0.4 is 14.5 Å². The normalized spacial score (nSPS) is 16.8. The third-order valence-corrected chi connectivity index (χ3v) is 6.96. The van der Waals surface area contributed by atoms with Crippen LogP contribution in [0.3, 0.4) is 0 Å². The number of rotatable bonds is 3. The number of pyridine rings is 1. The number of imidazole rings is 1. The number of hydrogen-bond donors (Lipinski definition) is 1. The zero-order valence-corrected chi connectivity index (χ0v) is 20.5. The molecule has 1 saturated heterocycles. The van der Waals surface area contributed by atoms with Crippen LogP contribution in [-0.2, 0) is 6.54 Å². The summed E-state index contributed by atoms with van der Waals surface area (Å²) in [5.74, 6) is 3.81. The fourth-order valence-corrected chi connectivity index (χ4v) is 5.02. The molecule has 0 unspecified atom stereocenters. The van der Waals surface area contributed by atoms with Crippen LogP contribution in [0.4, 0.5) is 11.6 Å². The number of nitrogens with zero attached hydrogens (tertiary/aromatic N) is 7. The van der Waals surface area contributed by atoms with Crippen molar-refractivity contribution in [1.82, 2.24) is 29.8 Å². The van der Waals surface area contributed by atoms with Crippen LogP contribution >= 0.6 is 0 Å². The van der Waals surface area contributed by atoms with E-state index in [0.717, 1.165) is 95.9 Å². The molecule has 1 fully saturated rings. The fourth-order valence-electron chi connectivity index (χ4n) is 5.02. The highest BCUT2D eigenvalue weighted by molar-refractivity contribution is 5.78. The fraction of sp³-hybridized carbons (Fsp3) is 0.385. The lowest BCUT2D eigenvalue weighted by Gasteiger charge is -2.34. The molecule has 0 atom stereocenters. The maximum absolute atomic E-state index is 6.13. The molecule has 4 aromatic rings. The van der Waals surface area contributed by atoms with Gasteiger partial charge in [-0.15, -0.1) is 0 Å². The number of aromatic nitrogens is 5. The minimum atomic E-state index is 0.612. The first-order chi connectivity index (χ1) is 17.0. The van der Waals surface area contributed by atoms with Crippen molar-refractivity contribution >= 4 is 22.8 Å². The van der Waals surface area contributed by atoms with Crippen LogP contribution in [0, 0.1) is 13.8 Å². The number of fused-ring (bicyclic) bond motifs is 2. The van der Waals surface area contributed by atoms with Crippen molar-refractivity contribution < 1.29 is 4.74 Å². The molecule has 0 spiro atoms. The zero-order valence-electron chi connectivity index (χ0n) is 20.5. The third-order valence-electron chi connectivity index (χ3n) is 6.96. The average Bonchev–Trinajstić information content (AvgIpc) is 3.10. The number of anilines is 2. The number of benzene rings is 1. The summed E-state index contributed by atoms with van der Waals surface area (Å²) in [5, 5.41) is 0. The summed E-state index contributed by atoms with van der Waals surface area (Å²) in [6, 6.07) is 8.48. The lowest BCUT2D eigenvalue weighted by atomic mass is 10.0. The van der Waals surface area contributed by atoms with Crippen molar-refractivity contribution in [2.75, 3.05) is 56.2 Å². The van der Waals surface area contributed by atoms with Crippen molar-refractivity contribution in [3.8, 4) is 16.9 Å². The van der Waals surface area contributed by atoms with Gasteiger partial charge in [-0.2, -0.15) is 0 Å². The zero-order chi connectivity index (χ0) is 23.9. The molecule has 0 bridgehead atoms. The average molecular weight is 471 g/mol. The molecule has 9 heteroatoms. The highest BCUT2D eigenvalue weighted by atomic mass is 16.5. The van der Waals surface area contributed by atoms with Crippen LogP contribution in [0.5, 0.6) is 5.75 Å². The maximum atomic E-state index is 6.13. The molecule has 35 heavy (non-hydrogen) atoms. The highest BCUT2D eigenvalue weighted by Gasteiger charge is 2.23. The first-order valence-electron chi connectivity index (χ1n) is 12.1. The van der Waals surface area contributed by atoms with Crippen LogP contribution in [0.25, 0.3) is 22.3 Å². The first-order valence-corrected chi connectivity index (χ1v) is 12.1. The second-order valence-electron chi connectivity index (χ2n) is 9.45. The smallest absolute Gasteiger partial charge is 0.177 e. The monoisotopic (exact) mass is 470 g/mol. The minimum absolute atomic E-state index is 0.612. The minimum Gasteiger partial charge on any atom is -0.491 e. The van der Waals surface area contributed by atoms with E-state index in [9.17, 15) is 0 Å². The van der Waals surface area contributed by atoms with Gasteiger partial charge in [0.1, 0.15) is 36.1 Å². The van der Waals surface area contributed by atoms with Crippen LogP contribution in [0.1, 0.15) is 17.0 Å². The molecule has 3 aromatic heterocycles. The van der Waals surface area contributed by atoms with Crippen molar-refractivity contribution in [1.29, 1.82) is 0 Å². The SMILES string of the molecule is Cc1nc2ncc(-c3ccc4c(c3)CN(c3ncnc(N5CCN(C)CC5)c3C)CCO4)cc2[nH]1. The lowest BCUT2D eigenvalue weighted by Crippen LogP contribution is -2.45. The third kappa shape index (κ3) is 4.16. The van der Waals surface area contributed by atoms with Crippen molar-refractivity contribution in [3.63, 3.8) is 0 Å². The molecule has 180 valence electrons. The Morgan fingerprint density at radius 3 is 2.51 bits per heavy atom. The van der Waals surface area contributed by atoms with Gasteiger partial charge in [0.25, 0.3) is 0 Å². The highest BCUT2D eigenvalue weighted by Crippen LogP contribution is 2.33. The summed E-state index contributed by atoms with van der Waals surface area (Å²) >= 11 is 0. The molecule has 1 aromatic carbocycles. The molecule has 0 saturated carbocycles. The number of piperazine rings is 1. The number of aryl methyl sites for hydroxylation is 1. The maximum Gasteiger partial charge on any atom is 0.177 e. The molecule has 0 radical (unpaired) electrons. The van der Waals surface area contributed by atoms with Gasteiger partial charge in [0.05, 0.1) is 12.1 Å². The van der Waals surface area contributed by atoms with Gasteiger partial charge in [0.15, 0.2) is 5.65 Å². The Hall–Kier alpha value is -3.72. The van der Waals surface area contributed by atoms with E-state index in [1.807, 2.05) is 13.1 Å². The molecule has 1 N–H and O–H groups in total. The van der Waals surface area contributed by atoms with E-state index in [0.29, 0.717) is 6.61 Å². The van der Waals surface area contributed by atoms with Gasteiger partial charge in [-0.05, 0) is 44.7 Å². The molecule has 6 rings (SSSR count). The van der Waals surface area contributed by atoms with Crippen molar-refractivity contribution in [2.45, 2.75) is 20.4 Å². The standard InChI is InChI=1S/C26H30N8O/c1-17-25(33-8-6-32(3)7-9-33)28-16-29-26(17)34-10-11-35-23-5-4-19(12-21(23)15-34)20-13-22-24(27-14-20)31-18(2)30-22/h4-5,12-14,16H,6-11,15H2,1-3H3,(H,27,30,31). The summed E-state index contributed by atoms with van der Waals surface area (Å²) in [5.41, 5.74) is 6.11. The predicted octanol–water partition coefficient (Wildman–Crippen LogP) is 3.18. The van der Waals surface area contributed by atoms with Crippen molar-refractivity contribution in [3.05, 3.63) is 53.7 Å². The van der Waals surface area contributed by atoms with E-state index in [1.54, 1.807) is 6.33 Å². The van der Waals surface area contributed by atoms with Gasteiger partial charge in [-0.3, -0.25) is 0 Å². The molecule has 5 heterocycles. The van der Waals surface area contributed by atoms with E-state index >= 15 is 0 Å². The summed E-state index contributed by atoms with van der Waals surface area (Å²) in [6.07, 6.45) is 3.59. The number of nitrogens with one attached hydrogen (secondary N) is 1. The van der Waals surface area contributed by atoms with E-state index in [1.165, 1.54) is 0 Å². The van der Waals surface area contributed by atoms with Gasteiger partial charge < -0.3 is 24.4 Å². The topological polar surface area (TPSA) is 86.3 Å². The molecule has 0 aliphatic carbocycles. The Morgan fingerprint density at radius 2 is 1.69 bits per heavy atom. The second kappa shape index (κ2) is 8.81. The largest absolute Gasteiger partial charge is 0.491 e. The summed E-state index contributed by atoms with van der Waals surface area (Å²) in [6.45, 7) is 10.2. The lowest BCUT2D eigenvalue weighted by molar-refractivity contribution is 0.312. The van der Waals surface area contributed by atoms with Gasteiger partial charge in [0, 0.05) is 55.6 Å². The Morgan fingerprint density at radius 1 is 0.886 bits per heavy atom. The second-order valence-corrected chi connectivity index (χ2v) is 9.45. The molecule has 2 aliphatic rings. The Balaban J connectivity index is 1.30. The Kier molecular flexibility index (Phi) is 5.49. The van der Waals surface area contributed by atoms with Gasteiger partial charge in [0.2, 0.25) is 0 Å². The summed E-state index contributed by atoms with van der Waals surface area (Å²) < 4.78 is 6.13. The number of aromatic amines is 1. The van der Waals surface area contributed by atoms with Gasteiger partial charge in [-0.25, -0.2) is 19.9 Å². The van der Waals surface area contributed by atoms with Crippen molar-refractivity contribution in [2.24, 2.45) is 0 Å². The van der Waals surface area contributed by atoms with Gasteiger partial charge in [-0.1, -0.05) is 6.07 Å². The Bertz CT molecular complexity index is 1380. The quantitative estimate of drug-likeness (QED) is 0.489. The van der Waals surface area contributed by atoms with Crippen LogP contribution in [-0.4, -0.2) is 76.2 Å². The van der Waals surface area contributed by atoms with E-state index in [-0.39, 0.29) is 0 Å². The summed E-state index contributed by atoms with van der Waals surface area (Å²) in [4.78, 5) is 28.6. The number of hydrogen-bond acceptors (Lipinski definition) is 8. The van der Waals surface area contributed by atoms with Crippen LogP contribution in [0.2, 0.25) is 0 Å². The van der Waals surface area contributed by atoms with E-state index < -0.39 is 0 Å². The number of H-pyrrole nitrogens is 1. The Labute approximate surface area is 204 Å². The molecule has 9 nitrogen and oxygen atoms in total. The van der Waals surface area contributed by atoms with E-state index in [2.05, 4.69) is 72.9 Å². The number of likely N-dealkylation sites (N-methyl/N-ethyl adjacent to an activating group) is 1. The van der Waals surface area contributed by atoms with E-state index in [4.69, 9.17) is 9.72 Å².